The van der Waals surface area contributed by atoms with Crippen LogP contribution in [0.3, 0.4) is 0 Å². The molecule has 3 rings (SSSR count). The summed E-state index contributed by atoms with van der Waals surface area (Å²) in [6.45, 7) is 0.163. The molecule has 0 spiro atoms. The van der Waals surface area contributed by atoms with Crippen molar-refractivity contribution in [2.75, 3.05) is 12.4 Å². The van der Waals surface area contributed by atoms with E-state index in [0.717, 1.165) is 0 Å². The Morgan fingerprint density at radius 1 is 1.00 bits per heavy atom. The van der Waals surface area contributed by atoms with E-state index in [1.165, 1.54) is 25.3 Å². The van der Waals surface area contributed by atoms with Crippen LogP contribution >= 0.6 is 23.2 Å². The van der Waals surface area contributed by atoms with Gasteiger partial charge in [0.25, 0.3) is 5.91 Å². The van der Waals surface area contributed by atoms with Gasteiger partial charge in [-0.25, -0.2) is 4.39 Å². The molecule has 28 heavy (non-hydrogen) atoms. The predicted molar refractivity (Wildman–Crippen MR) is 108 cm³/mol. The Morgan fingerprint density at radius 3 is 2.50 bits per heavy atom. The van der Waals surface area contributed by atoms with Gasteiger partial charge < -0.3 is 14.8 Å². The first kappa shape index (κ1) is 20.0. The number of carbonyl (C=O) groups is 1. The Hall–Kier alpha value is -2.76. The molecule has 0 aliphatic heterocycles. The Kier molecular flexibility index (Phi) is 6.39. The molecule has 0 aromatic heterocycles. The Labute approximate surface area is 171 Å². The number of hydrogen-bond donors (Lipinski definition) is 1. The number of amides is 1. The van der Waals surface area contributed by atoms with Gasteiger partial charge >= 0.3 is 0 Å². The van der Waals surface area contributed by atoms with Crippen LogP contribution in [0.2, 0.25) is 10.0 Å². The van der Waals surface area contributed by atoms with Crippen molar-refractivity contribution in [3.8, 4) is 11.5 Å². The molecule has 7 heteroatoms. The molecule has 0 aliphatic carbocycles. The van der Waals surface area contributed by atoms with E-state index in [2.05, 4.69) is 5.32 Å². The summed E-state index contributed by atoms with van der Waals surface area (Å²) in [5.74, 6) is 0.183. The average molecular weight is 420 g/mol. The number of nitrogens with one attached hydrogen (secondary N) is 1. The summed E-state index contributed by atoms with van der Waals surface area (Å²) in [6.07, 6.45) is 0. The van der Waals surface area contributed by atoms with E-state index in [9.17, 15) is 9.18 Å². The first-order chi connectivity index (χ1) is 13.5. The summed E-state index contributed by atoms with van der Waals surface area (Å²) in [6, 6.07) is 16.0. The fourth-order valence-electron chi connectivity index (χ4n) is 2.53. The summed E-state index contributed by atoms with van der Waals surface area (Å²) in [7, 11) is 1.54. The monoisotopic (exact) mass is 419 g/mol. The van der Waals surface area contributed by atoms with Crippen molar-refractivity contribution in [1.29, 1.82) is 0 Å². The van der Waals surface area contributed by atoms with Crippen molar-refractivity contribution in [3.05, 3.63) is 87.7 Å². The first-order valence-electron chi connectivity index (χ1n) is 8.28. The zero-order valence-electron chi connectivity index (χ0n) is 14.8. The van der Waals surface area contributed by atoms with Gasteiger partial charge in [-0.1, -0.05) is 35.3 Å². The lowest BCUT2D eigenvalue weighted by molar-refractivity contribution is 0.102. The zero-order chi connectivity index (χ0) is 20.1. The van der Waals surface area contributed by atoms with E-state index in [0.29, 0.717) is 33.3 Å². The van der Waals surface area contributed by atoms with Gasteiger partial charge in [0.05, 0.1) is 17.2 Å². The zero-order valence-corrected chi connectivity index (χ0v) is 16.4. The van der Waals surface area contributed by atoms with Crippen molar-refractivity contribution < 1.29 is 18.7 Å². The van der Waals surface area contributed by atoms with E-state index < -0.39 is 5.82 Å². The van der Waals surface area contributed by atoms with Crippen LogP contribution in [0, 0.1) is 5.82 Å². The van der Waals surface area contributed by atoms with Crippen molar-refractivity contribution in [2.24, 2.45) is 0 Å². The van der Waals surface area contributed by atoms with Gasteiger partial charge in [0.1, 0.15) is 23.9 Å². The summed E-state index contributed by atoms with van der Waals surface area (Å²) in [4.78, 5) is 12.5. The molecule has 1 amide bonds. The molecule has 144 valence electrons. The lowest BCUT2D eigenvalue weighted by Gasteiger charge is -2.13. The maximum atomic E-state index is 13.3. The Bertz CT molecular complexity index is 1010. The highest BCUT2D eigenvalue weighted by atomic mass is 35.5. The average Bonchev–Trinajstić information content (AvgIpc) is 2.70. The SMILES string of the molecule is COc1ccc(C(=O)Nc2ccc(F)c(Cl)c2)cc1COc1ccccc1Cl. The van der Waals surface area contributed by atoms with Gasteiger partial charge in [0.15, 0.2) is 0 Å². The predicted octanol–water partition coefficient (Wildman–Crippen LogP) is 5.97. The molecule has 3 aromatic rings. The molecular formula is C21H16Cl2FNO3. The number of ether oxygens (including phenoxy) is 2. The van der Waals surface area contributed by atoms with E-state index in [1.807, 2.05) is 12.1 Å². The highest BCUT2D eigenvalue weighted by Gasteiger charge is 2.13. The third-order valence-corrected chi connectivity index (χ3v) is 4.54. The number of hydrogen-bond acceptors (Lipinski definition) is 3. The second-order valence-electron chi connectivity index (χ2n) is 5.83. The Morgan fingerprint density at radius 2 is 1.79 bits per heavy atom. The van der Waals surface area contributed by atoms with Crippen LogP contribution in [0.15, 0.2) is 60.7 Å². The molecular weight excluding hydrogens is 404 g/mol. The summed E-state index contributed by atoms with van der Waals surface area (Å²) >= 11 is 11.9. The molecule has 0 atom stereocenters. The smallest absolute Gasteiger partial charge is 0.255 e. The van der Waals surface area contributed by atoms with Crippen LogP contribution in [0.5, 0.6) is 11.5 Å². The maximum absolute atomic E-state index is 13.3. The molecule has 0 aliphatic rings. The number of para-hydroxylation sites is 1. The molecule has 0 saturated carbocycles. The topological polar surface area (TPSA) is 47.6 Å². The normalized spacial score (nSPS) is 10.4. The van der Waals surface area contributed by atoms with Crippen molar-refractivity contribution in [1.82, 2.24) is 0 Å². The lowest BCUT2D eigenvalue weighted by atomic mass is 10.1. The fraction of sp³-hybridized carbons (Fsp3) is 0.0952. The summed E-state index contributed by atoms with van der Waals surface area (Å²) < 4.78 is 24.4. The number of halogens is 3. The third-order valence-electron chi connectivity index (χ3n) is 3.94. The standard InChI is InChI=1S/C21H16Cl2FNO3/c1-27-19-9-6-13(21(26)25-15-7-8-18(24)17(23)11-15)10-14(19)12-28-20-5-3-2-4-16(20)22/h2-11H,12H2,1H3,(H,25,26). The second kappa shape index (κ2) is 8.95. The van der Waals surface area contributed by atoms with Crippen LogP contribution in [0.4, 0.5) is 10.1 Å². The maximum Gasteiger partial charge on any atom is 0.255 e. The minimum atomic E-state index is -0.553. The molecule has 0 bridgehead atoms. The van der Waals surface area contributed by atoms with Crippen LogP contribution in [-0.2, 0) is 6.61 Å². The molecule has 0 fully saturated rings. The number of rotatable bonds is 6. The molecule has 0 unspecified atom stereocenters. The molecule has 0 heterocycles. The Balaban J connectivity index is 1.78. The quantitative estimate of drug-likeness (QED) is 0.534. The minimum Gasteiger partial charge on any atom is -0.496 e. The van der Waals surface area contributed by atoms with Gasteiger partial charge in [0, 0.05) is 16.8 Å². The van der Waals surface area contributed by atoms with Crippen LogP contribution in [-0.4, -0.2) is 13.0 Å². The molecule has 0 radical (unpaired) electrons. The molecule has 4 nitrogen and oxygen atoms in total. The summed E-state index contributed by atoms with van der Waals surface area (Å²) in [5, 5.41) is 3.10. The minimum absolute atomic E-state index is 0.0682. The van der Waals surface area contributed by atoms with E-state index in [4.69, 9.17) is 32.7 Å². The number of carbonyl (C=O) groups excluding carboxylic acids is 1. The second-order valence-corrected chi connectivity index (χ2v) is 6.64. The van der Waals surface area contributed by atoms with Crippen LogP contribution in [0.1, 0.15) is 15.9 Å². The summed E-state index contributed by atoms with van der Waals surface area (Å²) in [5.41, 5.74) is 1.45. The van der Waals surface area contributed by atoms with E-state index in [1.54, 1.807) is 30.3 Å². The van der Waals surface area contributed by atoms with Crippen LogP contribution < -0.4 is 14.8 Å². The van der Waals surface area contributed by atoms with Crippen molar-refractivity contribution in [3.63, 3.8) is 0 Å². The largest absolute Gasteiger partial charge is 0.496 e. The van der Waals surface area contributed by atoms with Gasteiger partial charge in [-0.3, -0.25) is 4.79 Å². The fourth-order valence-corrected chi connectivity index (χ4v) is 2.90. The molecule has 1 N–H and O–H groups in total. The number of anilines is 1. The third kappa shape index (κ3) is 4.74. The first-order valence-corrected chi connectivity index (χ1v) is 9.04. The van der Waals surface area contributed by atoms with Crippen molar-refractivity contribution >= 4 is 34.8 Å². The van der Waals surface area contributed by atoms with Crippen molar-refractivity contribution in [2.45, 2.75) is 6.61 Å². The molecule has 0 saturated heterocycles. The lowest BCUT2D eigenvalue weighted by Crippen LogP contribution is -2.13. The van der Waals surface area contributed by atoms with Gasteiger partial charge in [0.2, 0.25) is 0 Å². The molecule has 3 aromatic carbocycles. The van der Waals surface area contributed by atoms with Gasteiger partial charge in [-0.15, -0.1) is 0 Å². The number of methoxy groups -OCH3 is 1. The van der Waals surface area contributed by atoms with Gasteiger partial charge in [-0.2, -0.15) is 0 Å². The number of benzene rings is 3. The van der Waals surface area contributed by atoms with Gasteiger partial charge in [-0.05, 0) is 48.5 Å². The highest BCUT2D eigenvalue weighted by Crippen LogP contribution is 2.27. The van der Waals surface area contributed by atoms with E-state index in [-0.39, 0.29) is 17.5 Å². The van der Waals surface area contributed by atoms with Crippen LogP contribution in [0.25, 0.3) is 0 Å². The van der Waals surface area contributed by atoms with E-state index >= 15 is 0 Å². The highest BCUT2D eigenvalue weighted by molar-refractivity contribution is 6.32.